The van der Waals surface area contributed by atoms with Crippen LogP contribution in [0.5, 0.6) is 0 Å². The standard InChI is InChI=1S/C7H5FN2/c8-7-5-6(1-3-9)2-4-10-7/h2,4-5H,1H2. The summed E-state index contributed by atoms with van der Waals surface area (Å²) in [6.07, 6.45) is 1.58. The molecule has 3 heteroatoms. The second-order valence-electron chi connectivity index (χ2n) is 1.82. The van der Waals surface area contributed by atoms with E-state index in [9.17, 15) is 4.39 Å². The summed E-state index contributed by atoms with van der Waals surface area (Å²) >= 11 is 0. The van der Waals surface area contributed by atoms with Gasteiger partial charge in [0.05, 0.1) is 12.5 Å². The summed E-state index contributed by atoms with van der Waals surface area (Å²) < 4.78 is 12.3. The summed E-state index contributed by atoms with van der Waals surface area (Å²) in [6.45, 7) is 0. The molecular weight excluding hydrogens is 131 g/mol. The van der Waals surface area contributed by atoms with E-state index >= 15 is 0 Å². The summed E-state index contributed by atoms with van der Waals surface area (Å²) in [5.41, 5.74) is 0.662. The van der Waals surface area contributed by atoms with E-state index in [2.05, 4.69) is 4.98 Å². The van der Waals surface area contributed by atoms with E-state index in [1.165, 1.54) is 12.3 Å². The topological polar surface area (TPSA) is 36.7 Å². The van der Waals surface area contributed by atoms with Crippen LogP contribution in [0, 0.1) is 17.3 Å². The number of halogens is 1. The fraction of sp³-hybridized carbons (Fsp3) is 0.143. The van der Waals surface area contributed by atoms with Crippen LogP contribution in [0.15, 0.2) is 18.3 Å². The van der Waals surface area contributed by atoms with Crippen LogP contribution in [0.1, 0.15) is 5.56 Å². The Labute approximate surface area is 57.9 Å². The van der Waals surface area contributed by atoms with Gasteiger partial charge in [0, 0.05) is 6.20 Å². The molecule has 0 saturated heterocycles. The average molecular weight is 136 g/mol. The highest BCUT2D eigenvalue weighted by atomic mass is 19.1. The molecule has 0 spiro atoms. The van der Waals surface area contributed by atoms with Crippen LogP contribution in [0.3, 0.4) is 0 Å². The van der Waals surface area contributed by atoms with Crippen molar-refractivity contribution in [3.8, 4) is 6.07 Å². The van der Waals surface area contributed by atoms with Gasteiger partial charge in [0.25, 0.3) is 0 Å². The van der Waals surface area contributed by atoms with Crippen LogP contribution < -0.4 is 0 Å². The quantitative estimate of drug-likeness (QED) is 0.545. The molecule has 50 valence electrons. The third-order valence-electron chi connectivity index (χ3n) is 1.07. The van der Waals surface area contributed by atoms with Crippen molar-refractivity contribution in [2.24, 2.45) is 0 Å². The predicted octanol–water partition coefficient (Wildman–Crippen LogP) is 1.29. The van der Waals surface area contributed by atoms with Crippen LogP contribution in [-0.2, 0) is 6.42 Å². The molecule has 1 heterocycles. The lowest BCUT2D eigenvalue weighted by atomic mass is 10.2. The third-order valence-corrected chi connectivity index (χ3v) is 1.07. The second-order valence-corrected chi connectivity index (χ2v) is 1.82. The van der Waals surface area contributed by atoms with Crippen molar-refractivity contribution < 1.29 is 4.39 Å². The predicted molar refractivity (Wildman–Crippen MR) is 33.5 cm³/mol. The molecule has 0 atom stereocenters. The maximum atomic E-state index is 12.3. The molecule has 0 radical (unpaired) electrons. The van der Waals surface area contributed by atoms with Crippen molar-refractivity contribution in [1.29, 1.82) is 5.26 Å². The van der Waals surface area contributed by atoms with Crippen molar-refractivity contribution >= 4 is 0 Å². The number of rotatable bonds is 1. The number of hydrogen-bond donors (Lipinski definition) is 0. The molecule has 2 nitrogen and oxygen atoms in total. The highest BCUT2D eigenvalue weighted by Gasteiger charge is 1.92. The number of aromatic nitrogens is 1. The fourth-order valence-electron chi connectivity index (χ4n) is 0.644. The molecule has 0 aliphatic heterocycles. The summed E-state index contributed by atoms with van der Waals surface area (Å²) in [5, 5.41) is 8.22. The Bertz CT molecular complexity index is 265. The monoisotopic (exact) mass is 136 g/mol. The number of pyridine rings is 1. The van der Waals surface area contributed by atoms with Crippen molar-refractivity contribution in [3.05, 3.63) is 29.8 Å². The molecule has 0 amide bonds. The first-order valence-electron chi connectivity index (χ1n) is 2.80. The molecule has 0 aromatic carbocycles. The van der Waals surface area contributed by atoms with Crippen LogP contribution in [0.25, 0.3) is 0 Å². The summed E-state index contributed by atoms with van der Waals surface area (Å²) in [5.74, 6) is -0.534. The largest absolute Gasteiger partial charge is 0.228 e. The first-order chi connectivity index (χ1) is 4.83. The van der Waals surface area contributed by atoms with E-state index in [0.717, 1.165) is 0 Å². The van der Waals surface area contributed by atoms with Crippen LogP contribution >= 0.6 is 0 Å². The second kappa shape index (κ2) is 2.92. The minimum Gasteiger partial charge on any atom is -0.228 e. The minimum atomic E-state index is -0.534. The lowest BCUT2D eigenvalue weighted by molar-refractivity contribution is 0.582. The van der Waals surface area contributed by atoms with E-state index in [0.29, 0.717) is 5.56 Å². The number of nitriles is 1. The zero-order valence-corrected chi connectivity index (χ0v) is 5.21. The van der Waals surface area contributed by atoms with Gasteiger partial charge in [0.2, 0.25) is 5.95 Å². The van der Waals surface area contributed by atoms with Crippen molar-refractivity contribution in [2.75, 3.05) is 0 Å². The summed E-state index contributed by atoms with van der Waals surface area (Å²) in [6, 6.07) is 4.79. The molecule has 0 aliphatic rings. The zero-order valence-electron chi connectivity index (χ0n) is 5.21. The third kappa shape index (κ3) is 1.52. The van der Waals surface area contributed by atoms with Crippen LogP contribution in [0.4, 0.5) is 4.39 Å². The Hall–Kier alpha value is -1.43. The first kappa shape index (κ1) is 6.69. The van der Waals surface area contributed by atoms with Crippen LogP contribution in [0.2, 0.25) is 0 Å². The maximum absolute atomic E-state index is 12.3. The fourth-order valence-corrected chi connectivity index (χ4v) is 0.644. The lowest BCUT2D eigenvalue weighted by Gasteiger charge is -1.90. The van der Waals surface area contributed by atoms with Gasteiger partial charge in [-0.25, -0.2) is 4.98 Å². The lowest BCUT2D eigenvalue weighted by Crippen LogP contribution is -1.85. The number of nitrogens with zero attached hydrogens (tertiary/aromatic N) is 2. The van der Waals surface area contributed by atoms with Crippen LogP contribution in [-0.4, -0.2) is 4.98 Å². The molecule has 0 bridgehead atoms. The zero-order chi connectivity index (χ0) is 7.40. The Morgan fingerprint density at radius 2 is 2.50 bits per heavy atom. The Morgan fingerprint density at radius 3 is 3.10 bits per heavy atom. The normalized spacial score (nSPS) is 8.80. The summed E-state index contributed by atoms with van der Waals surface area (Å²) in [4.78, 5) is 3.35. The van der Waals surface area contributed by atoms with Gasteiger partial charge in [0.1, 0.15) is 0 Å². The molecule has 1 rings (SSSR count). The van der Waals surface area contributed by atoms with Gasteiger partial charge in [0.15, 0.2) is 0 Å². The van der Waals surface area contributed by atoms with Gasteiger partial charge < -0.3 is 0 Å². The Balaban J connectivity index is 2.87. The van der Waals surface area contributed by atoms with E-state index in [1.54, 1.807) is 6.07 Å². The van der Waals surface area contributed by atoms with Gasteiger partial charge in [-0.15, -0.1) is 0 Å². The molecule has 0 aliphatic carbocycles. The molecule has 0 saturated carbocycles. The van der Waals surface area contributed by atoms with Crippen molar-refractivity contribution in [1.82, 2.24) is 4.98 Å². The molecule has 0 N–H and O–H groups in total. The molecule has 10 heavy (non-hydrogen) atoms. The maximum Gasteiger partial charge on any atom is 0.213 e. The van der Waals surface area contributed by atoms with E-state index in [-0.39, 0.29) is 6.42 Å². The average Bonchev–Trinajstić information content (AvgIpc) is 1.88. The highest BCUT2D eigenvalue weighted by molar-refractivity contribution is 5.14. The summed E-state index contributed by atoms with van der Waals surface area (Å²) in [7, 11) is 0. The minimum absolute atomic E-state index is 0.236. The number of hydrogen-bond acceptors (Lipinski definition) is 2. The molecule has 0 fully saturated rings. The van der Waals surface area contributed by atoms with Gasteiger partial charge in [-0.05, 0) is 17.7 Å². The van der Waals surface area contributed by atoms with Crippen molar-refractivity contribution in [3.63, 3.8) is 0 Å². The van der Waals surface area contributed by atoms with E-state index < -0.39 is 5.95 Å². The van der Waals surface area contributed by atoms with E-state index in [1.807, 2.05) is 6.07 Å². The SMILES string of the molecule is N#CCc1ccnc(F)c1. The molecule has 0 unspecified atom stereocenters. The highest BCUT2D eigenvalue weighted by Crippen LogP contribution is 1.99. The van der Waals surface area contributed by atoms with E-state index in [4.69, 9.17) is 5.26 Å². The molecule has 1 aromatic heterocycles. The Morgan fingerprint density at radius 1 is 1.70 bits per heavy atom. The van der Waals surface area contributed by atoms with Gasteiger partial charge in [-0.1, -0.05) is 0 Å². The molecular formula is C7H5FN2. The Kier molecular flexibility index (Phi) is 1.96. The first-order valence-corrected chi connectivity index (χ1v) is 2.80. The van der Waals surface area contributed by atoms with Crippen molar-refractivity contribution in [2.45, 2.75) is 6.42 Å². The van der Waals surface area contributed by atoms with Gasteiger partial charge >= 0.3 is 0 Å². The smallest absolute Gasteiger partial charge is 0.213 e. The van der Waals surface area contributed by atoms with Gasteiger partial charge in [-0.2, -0.15) is 9.65 Å². The molecule has 1 aromatic rings. The van der Waals surface area contributed by atoms with Gasteiger partial charge in [-0.3, -0.25) is 0 Å².